The maximum absolute atomic E-state index is 5.43. The molecule has 0 N–H and O–H groups in total. The zero-order valence-corrected chi connectivity index (χ0v) is 8.71. The summed E-state index contributed by atoms with van der Waals surface area (Å²) in [6.45, 7) is 0. The summed E-state index contributed by atoms with van der Waals surface area (Å²) in [5.41, 5.74) is 2.31. The van der Waals surface area contributed by atoms with E-state index in [0.717, 1.165) is 11.6 Å². The van der Waals surface area contributed by atoms with E-state index in [-0.39, 0.29) is 0 Å². The first kappa shape index (κ1) is 9.04. The highest BCUT2D eigenvalue weighted by molar-refractivity contribution is 5.75. The lowest BCUT2D eigenvalue weighted by atomic mass is 10.1. The molecule has 1 aromatic heterocycles. The van der Waals surface area contributed by atoms with Gasteiger partial charge in [0.2, 0.25) is 5.88 Å². The van der Waals surface area contributed by atoms with Gasteiger partial charge in [-0.1, -0.05) is 30.4 Å². The van der Waals surface area contributed by atoms with E-state index < -0.39 is 0 Å². The SMILES string of the molecule is C1=Cc2ccccc2N(c2ccco2)C=C1. The summed E-state index contributed by atoms with van der Waals surface area (Å²) >= 11 is 0. The number of benzene rings is 1. The lowest BCUT2D eigenvalue weighted by Gasteiger charge is -2.18. The zero-order valence-electron chi connectivity index (χ0n) is 8.71. The molecule has 16 heavy (non-hydrogen) atoms. The van der Waals surface area contributed by atoms with Crippen LogP contribution in [0.2, 0.25) is 0 Å². The number of furan rings is 1. The summed E-state index contributed by atoms with van der Waals surface area (Å²) in [5, 5.41) is 0. The molecular formula is C14H11NO. The van der Waals surface area contributed by atoms with E-state index in [1.54, 1.807) is 6.26 Å². The second-order valence-electron chi connectivity index (χ2n) is 3.58. The highest BCUT2D eigenvalue weighted by atomic mass is 16.3. The summed E-state index contributed by atoms with van der Waals surface area (Å²) in [6, 6.07) is 12.1. The number of rotatable bonds is 1. The molecule has 0 unspecified atom stereocenters. The largest absolute Gasteiger partial charge is 0.448 e. The molecule has 0 spiro atoms. The monoisotopic (exact) mass is 209 g/mol. The predicted molar refractivity (Wildman–Crippen MR) is 65.5 cm³/mol. The second kappa shape index (κ2) is 3.74. The van der Waals surface area contributed by atoms with Gasteiger partial charge in [0.15, 0.2) is 0 Å². The minimum Gasteiger partial charge on any atom is -0.448 e. The normalized spacial score (nSPS) is 13.6. The average Bonchev–Trinajstić information content (AvgIpc) is 2.76. The molecule has 0 fully saturated rings. The molecule has 0 bridgehead atoms. The van der Waals surface area contributed by atoms with Crippen LogP contribution in [-0.4, -0.2) is 0 Å². The molecule has 0 amide bonds. The highest BCUT2D eigenvalue weighted by Crippen LogP contribution is 2.31. The van der Waals surface area contributed by atoms with Gasteiger partial charge in [0, 0.05) is 12.3 Å². The van der Waals surface area contributed by atoms with Gasteiger partial charge < -0.3 is 4.42 Å². The van der Waals surface area contributed by atoms with Crippen LogP contribution < -0.4 is 4.90 Å². The first-order valence-corrected chi connectivity index (χ1v) is 5.22. The number of fused-ring (bicyclic) bond motifs is 1. The summed E-state index contributed by atoms with van der Waals surface area (Å²) in [6.07, 6.45) is 9.81. The van der Waals surface area contributed by atoms with Crippen LogP contribution in [-0.2, 0) is 0 Å². The van der Waals surface area contributed by atoms with Gasteiger partial charge in [0.25, 0.3) is 0 Å². The molecule has 1 aliphatic rings. The van der Waals surface area contributed by atoms with Crippen molar-refractivity contribution < 1.29 is 4.42 Å². The van der Waals surface area contributed by atoms with E-state index in [1.165, 1.54) is 5.56 Å². The topological polar surface area (TPSA) is 16.4 Å². The molecule has 2 nitrogen and oxygen atoms in total. The molecule has 0 saturated heterocycles. The minimum absolute atomic E-state index is 0.826. The molecular weight excluding hydrogens is 198 g/mol. The van der Waals surface area contributed by atoms with Gasteiger partial charge in [0.05, 0.1) is 12.0 Å². The Morgan fingerprint density at radius 3 is 2.75 bits per heavy atom. The van der Waals surface area contributed by atoms with Crippen LogP contribution >= 0.6 is 0 Å². The summed E-state index contributed by atoms with van der Waals surface area (Å²) in [5.74, 6) is 0.826. The Kier molecular flexibility index (Phi) is 2.11. The van der Waals surface area contributed by atoms with Gasteiger partial charge in [-0.2, -0.15) is 0 Å². The Morgan fingerprint density at radius 1 is 0.938 bits per heavy atom. The van der Waals surface area contributed by atoms with Crippen molar-refractivity contribution in [1.29, 1.82) is 0 Å². The predicted octanol–water partition coefficient (Wildman–Crippen LogP) is 3.96. The lowest BCUT2D eigenvalue weighted by Crippen LogP contribution is -2.07. The van der Waals surface area contributed by atoms with E-state index in [0.29, 0.717) is 0 Å². The molecule has 2 aromatic rings. The molecule has 78 valence electrons. The van der Waals surface area contributed by atoms with Crippen LogP contribution in [0.25, 0.3) is 6.08 Å². The Balaban J connectivity index is 2.15. The third-order valence-electron chi connectivity index (χ3n) is 2.56. The fourth-order valence-corrected chi connectivity index (χ4v) is 1.82. The summed E-state index contributed by atoms with van der Waals surface area (Å²) < 4.78 is 5.43. The van der Waals surface area contributed by atoms with Gasteiger partial charge >= 0.3 is 0 Å². The van der Waals surface area contributed by atoms with Crippen LogP contribution in [0, 0.1) is 0 Å². The second-order valence-corrected chi connectivity index (χ2v) is 3.58. The fourth-order valence-electron chi connectivity index (χ4n) is 1.82. The summed E-state index contributed by atoms with van der Waals surface area (Å²) in [4.78, 5) is 2.04. The highest BCUT2D eigenvalue weighted by Gasteiger charge is 2.12. The molecule has 0 radical (unpaired) electrons. The van der Waals surface area contributed by atoms with Gasteiger partial charge in [-0.3, -0.25) is 4.90 Å². The molecule has 0 atom stereocenters. The third kappa shape index (κ3) is 1.44. The van der Waals surface area contributed by atoms with Crippen LogP contribution in [0.4, 0.5) is 11.6 Å². The number of anilines is 2. The van der Waals surface area contributed by atoms with Crippen molar-refractivity contribution >= 4 is 17.6 Å². The Morgan fingerprint density at radius 2 is 1.88 bits per heavy atom. The fraction of sp³-hybridized carbons (Fsp3) is 0. The lowest BCUT2D eigenvalue weighted by molar-refractivity contribution is 0.573. The average molecular weight is 209 g/mol. The van der Waals surface area contributed by atoms with E-state index in [1.807, 2.05) is 47.5 Å². The van der Waals surface area contributed by atoms with E-state index in [4.69, 9.17) is 4.42 Å². The molecule has 0 aliphatic carbocycles. The minimum atomic E-state index is 0.826. The smallest absolute Gasteiger partial charge is 0.203 e. The first-order chi connectivity index (χ1) is 7.95. The number of allylic oxidation sites excluding steroid dienone is 2. The van der Waals surface area contributed by atoms with Gasteiger partial charge in [-0.15, -0.1) is 0 Å². The van der Waals surface area contributed by atoms with E-state index in [2.05, 4.69) is 18.2 Å². The van der Waals surface area contributed by atoms with E-state index >= 15 is 0 Å². The number of nitrogens with zero attached hydrogens (tertiary/aromatic N) is 1. The third-order valence-corrected chi connectivity index (χ3v) is 2.56. The number of para-hydroxylation sites is 1. The molecule has 3 rings (SSSR count). The van der Waals surface area contributed by atoms with Crippen LogP contribution in [0.15, 0.2) is 65.4 Å². The van der Waals surface area contributed by atoms with E-state index in [9.17, 15) is 0 Å². The Labute approximate surface area is 94.1 Å². The van der Waals surface area contributed by atoms with Crippen LogP contribution in [0.5, 0.6) is 0 Å². The molecule has 0 saturated carbocycles. The molecule has 1 aromatic carbocycles. The van der Waals surface area contributed by atoms with Crippen molar-refractivity contribution in [3.8, 4) is 0 Å². The van der Waals surface area contributed by atoms with Crippen molar-refractivity contribution in [1.82, 2.24) is 0 Å². The van der Waals surface area contributed by atoms with Crippen molar-refractivity contribution in [2.75, 3.05) is 4.90 Å². The first-order valence-electron chi connectivity index (χ1n) is 5.22. The van der Waals surface area contributed by atoms with Gasteiger partial charge in [-0.05, 0) is 23.8 Å². The van der Waals surface area contributed by atoms with Gasteiger partial charge in [-0.25, -0.2) is 0 Å². The van der Waals surface area contributed by atoms with Gasteiger partial charge in [0.1, 0.15) is 0 Å². The molecule has 2 heterocycles. The van der Waals surface area contributed by atoms with Crippen molar-refractivity contribution in [2.45, 2.75) is 0 Å². The van der Waals surface area contributed by atoms with Crippen molar-refractivity contribution in [3.63, 3.8) is 0 Å². The Bertz CT molecular complexity index is 538. The van der Waals surface area contributed by atoms with Crippen LogP contribution in [0.1, 0.15) is 5.56 Å². The maximum Gasteiger partial charge on any atom is 0.203 e. The number of hydrogen-bond donors (Lipinski definition) is 0. The molecule has 2 heteroatoms. The zero-order chi connectivity index (χ0) is 10.8. The molecule has 1 aliphatic heterocycles. The Hall–Kier alpha value is -2.22. The maximum atomic E-state index is 5.43. The van der Waals surface area contributed by atoms with Crippen molar-refractivity contribution in [2.24, 2.45) is 0 Å². The summed E-state index contributed by atoms with van der Waals surface area (Å²) in [7, 11) is 0. The van der Waals surface area contributed by atoms with Crippen LogP contribution in [0.3, 0.4) is 0 Å². The number of hydrogen-bond acceptors (Lipinski definition) is 2. The van der Waals surface area contributed by atoms with Crippen molar-refractivity contribution in [3.05, 3.63) is 66.6 Å². The quantitative estimate of drug-likeness (QED) is 0.706. The standard InChI is InChI=1S/C14H11NO/c1-2-8-13-12(6-1)7-3-4-10-15(13)14-9-5-11-16-14/h1-11H.